The van der Waals surface area contributed by atoms with E-state index in [1.54, 1.807) is 16.9 Å². The molecule has 0 bridgehead atoms. The summed E-state index contributed by atoms with van der Waals surface area (Å²) in [5, 5.41) is 5.93. The van der Waals surface area contributed by atoms with Crippen LogP contribution in [0.5, 0.6) is 0 Å². The van der Waals surface area contributed by atoms with E-state index >= 15 is 0 Å². The number of benzene rings is 1. The molecule has 0 atom stereocenters. The summed E-state index contributed by atoms with van der Waals surface area (Å²) in [5.74, 6) is 1.40. The van der Waals surface area contributed by atoms with Crippen molar-refractivity contribution in [1.29, 1.82) is 0 Å². The number of rotatable bonds is 4. The summed E-state index contributed by atoms with van der Waals surface area (Å²) in [5.41, 5.74) is 4.37. The zero-order valence-electron chi connectivity index (χ0n) is 14.0. The molecule has 0 aliphatic rings. The lowest BCUT2D eigenvalue weighted by molar-refractivity contribution is 0.840. The minimum absolute atomic E-state index is 0.611. The van der Waals surface area contributed by atoms with E-state index in [-0.39, 0.29) is 0 Å². The maximum Gasteiger partial charge on any atom is 0.252 e. The Labute approximate surface area is 149 Å². The van der Waals surface area contributed by atoms with Gasteiger partial charge in [-0.15, -0.1) is 5.10 Å². The van der Waals surface area contributed by atoms with Crippen LogP contribution >= 0.6 is 0 Å². The Kier molecular flexibility index (Phi) is 3.45. The first-order chi connectivity index (χ1) is 12.9. The van der Waals surface area contributed by atoms with Crippen molar-refractivity contribution in [3.63, 3.8) is 0 Å². The van der Waals surface area contributed by atoms with Gasteiger partial charge in [-0.1, -0.05) is 18.2 Å². The minimum atomic E-state index is 0.611. The highest BCUT2D eigenvalue weighted by Crippen LogP contribution is 2.20. The molecule has 0 saturated heterocycles. The van der Waals surface area contributed by atoms with Crippen LogP contribution < -0.4 is 0 Å². The van der Waals surface area contributed by atoms with E-state index in [0.29, 0.717) is 5.78 Å². The van der Waals surface area contributed by atoms with Crippen LogP contribution in [0, 0.1) is 0 Å². The molecule has 0 spiro atoms. The molecule has 0 radical (unpaired) electrons. The fourth-order valence-corrected chi connectivity index (χ4v) is 3.26. The summed E-state index contributed by atoms with van der Waals surface area (Å²) in [6.07, 6.45) is 9.05. The topological polar surface area (TPSA) is 71.8 Å². The van der Waals surface area contributed by atoms with Crippen molar-refractivity contribution in [2.24, 2.45) is 0 Å². The van der Waals surface area contributed by atoms with Crippen LogP contribution in [0.2, 0.25) is 0 Å². The molecule has 4 aromatic heterocycles. The molecular formula is C20H16N6. The Bertz CT molecular complexity index is 1190. The van der Waals surface area contributed by atoms with Crippen molar-refractivity contribution < 1.29 is 0 Å². The number of fused-ring (bicyclic) bond motifs is 2. The van der Waals surface area contributed by atoms with Gasteiger partial charge in [0.15, 0.2) is 5.82 Å². The van der Waals surface area contributed by atoms with Crippen LogP contribution in [0.4, 0.5) is 0 Å². The van der Waals surface area contributed by atoms with Gasteiger partial charge in [-0.25, -0.2) is 4.98 Å². The van der Waals surface area contributed by atoms with Crippen molar-refractivity contribution >= 4 is 16.7 Å². The maximum atomic E-state index is 4.67. The number of aryl methyl sites for hydroxylation is 2. The predicted molar refractivity (Wildman–Crippen MR) is 99.7 cm³/mol. The summed E-state index contributed by atoms with van der Waals surface area (Å²) in [7, 11) is 0. The molecule has 0 aliphatic carbocycles. The number of hydrogen-bond acceptors (Lipinski definition) is 4. The van der Waals surface area contributed by atoms with Crippen LogP contribution in [0.15, 0.2) is 67.3 Å². The predicted octanol–water partition coefficient (Wildman–Crippen LogP) is 3.45. The standard InChI is InChI=1S/C20H16N6/c1-2-6-17-16(5-1)14(13-23-17)7-8-19-24-20-22-11-9-18(26(20)25-19)15-4-3-10-21-12-15/h1-6,9-13,23H,7-8H2. The SMILES string of the molecule is c1cncc(-c2ccnc3nc(CCc4c[nH]c5ccccc45)nn23)c1. The highest BCUT2D eigenvalue weighted by Gasteiger charge is 2.11. The molecule has 126 valence electrons. The van der Waals surface area contributed by atoms with Gasteiger partial charge in [0.2, 0.25) is 0 Å². The zero-order valence-corrected chi connectivity index (χ0v) is 14.0. The normalized spacial score (nSPS) is 11.4. The van der Waals surface area contributed by atoms with Crippen molar-refractivity contribution in [1.82, 2.24) is 29.5 Å². The van der Waals surface area contributed by atoms with Gasteiger partial charge in [0.25, 0.3) is 5.78 Å². The first-order valence-corrected chi connectivity index (χ1v) is 8.54. The monoisotopic (exact) mass is 340 g/mol. The number of nitrogens with one attached hydrogen (secondary N) is 1. The maximum absolute atomic E-state index is 4.67. The molecule has 0 amide bonds. The van der Waals surface area contributed by atoms with E-state index in [2.05, 4.69) is 49.4 Å². The van der Waals surface area contributed by atoms with Crippen LogP contribution in [0.3, 0.4) is 0 Å². The summed E-state index contributed by atoms with van der Waals surface area (Å²) in [6.45, 7) is 0. The Hall–Kier alpha value is -3.54. The number of pyridine rings is 1. The first-order valence-electron chi connectivity index (χ1n) is 8.54. The van der Waals surface area contributed by atoms with Crippen LogP contribution in [-0.2, 0) is 12.8 Å². The summed E-state index contributed by atoms with van der Waals surface area (Å²) in [4.78, 5) is 16.4. The van der Waals surface area contributed by atoms with Gasteiger partial charge >= 0.3 is 0 Å². The van der Waals surface area contributed by atoms with Gasteiger partial charge in [-0.05, 0) is 36.2 Å². The van der Waals surface area contributed by atoms with Crippen LogP contribution in [0.25, 0.3) is 27.9 Å². The number of aromatic amines is 1. The van der Waals surface area contributed by atoms with Crippen molar-refractivity contribution in [2.75, 3.05) is 0 Å². The summed E-state index contributed by atoms with van der Waals surface area (Å²) in [6, 6.07) is 14.2. The zero-order chi connectivity index (χ0) is 17.3. The molecule has 6 nitrogen and oxygen atoms in total. The molecule has 1 aromatic carbocycles. The average Bonchev–Trinajstić information content (AvgIpc) is 3.30. The second-order valence-corrected chi connectivity index (χ2v) is 6.17. The number of nitrogens with zero attached hydrogens (tertiary/aromatic N) is 5. The number of para-hydroxylation sites is 1. The van der Waals surface area contributed by atoms with Crippen molar-refractivity contribution in [2.45, 2.75) is 12.8 Å². The molecule has 26 heavy (non-hydrogen) atoms. The largest absolute Gasteiger partial charge is 0.361 e. The summed E-state index contributed by atoms with van der Waals surface area (Å²) >= 11 is 0. The molecule has 0 unspecified atom stereocenters. The van der Waals surface area contributed by atoms with Crippen molar-refractivity contribution in [3.05, 3.63) is 78.6 Å². The van der Waals surface area contributed by atoms with E-state index in [1.807, 2.05) is 30.5 Å². The molecule has 5 rings (SSSR count). The molecule has 1 N–H and O–H groups in total. The van der Waals surface area contributed by atoms with E-state index < -0.39 is 0 Å². The quantitative estimate of drug-likeness (QED) is 0.544. The fourth-order valence-electron chi connectivity index (χ4n) is 3.26. The second-order valence-electron chi connectivity index (χ2n) is 6.17. The fraction of sp³-hybridized carbons (Fsp3) is 0.100. The molecule has 0 fully saturated rings. The second kappa shape index (κ2) is 6.07. The summed E-state index contributed by atoms with van der Waals surface area (Å²) < 4.78 is 1.79. The van der Waals surface area contributed by atoms with Gasteiger partial charge in [0.05, 0.1) is 5.69 Å². The Morgan fingerprint density at radius 3 is 2.85 bits per heavy atom. The van der Waals surface area contributed by atoms with Gasteiger partial charge in [-0.3, -0.25) is 4.98 Å². The molecule has 5 aromatic rings. The molecule has 0 aliphatic heterocycles. The van der Waals surface area contributed by atoms with E-state index in [0.717, 1.165) is 35.4 Å². The van der Waals surface area contributed by atoms with Crippen molar-refractivity contribution in [3.8, 4) is 11.3 Å². The van der Waals surface area contributed by atoms with Gasteiger partial charge in [0, 0.05) is 47.7 Å². The van der Waals surface area contributed by atoms with E-state index in [9.17, 15) is 0 Å². The number of hydrogen-bond donors (Lipinski definition) is 1. The third-order valence-corrected chi connectivity index (χ3v) is 4.53. The minimum Gasteiger partial charge on any atom is -0.361 e. The highest BCUT2D eigenvalue weighted by molar-refractivity contribution is 5.83. The van der Waals surface area contributed by atoms with Crippen LogP contribution in [-0.4, -0.2) is 29.5 Å². The van der Waals surface area contributed by atoms with Crippen LogP contribution in [0.1, 0.15) is 11.4 Å². The number of aromatic nitrogens is 6. The Morgan fingerprint density at radius 1 is 0.962 bits per heavy atom. The first kappa shape index (κ1) is 14.8. The molecule has 0 saturated carbocycles. The Balaban J connectivity index is 1.47. The lowest BCUT2D eigenvalue weighted by Crippen LogP contribution is -1.97. The van der Waals surface area contributed by atoms with E-state index in [4.69, 9.17) is 0 Å². The average molecular weight is 340 g/mol. The lowest BCUT2D eigenvalue weighted by Gasteiger charge is -2.02. The smallest absolute Gasteiger partial charge is 0.252 e. The number of H-pyrrole nitrogens is 1. The van der Waals surface area contributed by atoms with Gasteiger partial charge in [-0.2, -0.15) is 9.50 Å². The third kappa shape index (κ3) is 2.52. The molecule has 4 heterocycles. The lowest BCUT2D eigenvalue weighted by atomic mass is 10.1. The Morgan fingerprint density at radius 2 is 1.92 bits per heavy atom. The highest BCUT2D eigenvalue weighted by atomic mass is 15.3. The van der Waals surface area contributed by atoms with E-state index in [1.165, 1.54) is 10.9 Å². The van der Waals surface area contributed by atoms with Gasteiger partial charge in [0.1, 0.15) is 0 Å². The molecular weight excluding hydrogens is 324 g/mol. The molecule has 6 heteroatoms. The van der Waals surface area contributed by atoms with Gasteiger partial charge < -0.3 is 4.98 Å². The third-order valence-electron chi connectivity index (χ3n) is 4.53.